The molecule has 0 aliphatic rings. The molecule has 0 bridgehead atoms. The zero-order chi connectivity index (χ0) is 11.7. The molecule has 0 amide bonds. The maximum Gasteiger partial charge on any atom is 0.198 e. The average Bonchev–Trinajstić information content (AvgIpc) is 2.26. The van der Waals surface area contributed by atoms with Crippen LogP contribution >= 0.6 is 0 Å². The standard InChI is InChI=1S/C13H15NO2/c1-3-4-9-12(15)10-7-8(2)5-6-11(10)16-13(9)14/h5-7H,3-4,14H2,1-2H3. The third-order valence-corrected chi connectivity index (χ3v) is 2.67. The summed E-state index contributed by atoms with van der Waals surface area (Å²) in [6.45, 7) is 3.97. The van der Waals surface area contributed by atoms with Gasteiger partial charge in [0.15, 0.2) is 11.3 Å². The summed E-state index contributed by atoms with van der Waals surface area (Å²) in [5, 5.41) is 0.623. The van der Waals surface area contributed by atoms with E-state index in [-0.39, 0.29) is 11.3 Å². The van der Waals surface area contributed by atoms with Crippen molar-refractivity contribution in [1.82, 2.24) is 0 Å². The maximum atomic E-state index is 12.2. The second-order valence-corrected chi connectivity index (χ2v) is 4.02. The van der Waals surface area contributed by atoms with Crippen LogP contribution in [0.4, 0.5) is 5.88 Å². The van der Waals surface area contributed by atoms with Crippen LogP contribution in [0.1, 0.15) is 24.5 Å². The van der Waals surface area contributed by atoms with Crippen LogP contribution in [0.25, 0.3) is 11.0 Å². The van der Waals surface area contributed by atoms with Gasteiger partial charge in [0, 0.05) is 0 Å². The molecular weight excluding hydrogens is 202 g/mol. The van der Waals surface area contributed by atoms with Crippen molar-refractivity contribution in [3.63, 3.8) is 0 Å². The predicted octanol–water partition coefficient (Wildman–Crippen LogP) is 2.64. The molecule has 16 heavy (non-hydrogen) atoms. The van der Waals surface area contributed by atoms with Crippen molar-refractivity contribution in [2.24, 2.45) is 0 Å². The van der Waals surface area contributed by atoms with Gasteiger partial charge < -0.3 is 10.2 Å². The van der Waals surface area contributed by atoms with Gasteiger partial charge in [-0.25, -0.2) is 0 Å². The molecule has 0 radical (unpaired) electrons. The van der Waals surface area contributed by atoms with E-state index in [0.29, 0.717) is 23.0 Å². The van der Waals surface area contributed by atoms with Crippen LogP contribution in [0.3, 0.4) is 0 Å². The van der Waals surface area contributed by atoms with E-state index in [1.165, 1.54) is 0 Å². The van der Waals surface area contributed by atoms with Gasteiger partial charge in [-0.2, -0.15) is 0 Å². The fourth-order valence-electron chi connectivity index (χ4n) is 1.85. The summed E-state index contributed by atoms with van der Waals surface area (Å²) < 4.78 is 5.46. The average molecular weight is 217 g/mol. The highest BCUT2D eigenvalue weighted by Crippen LogP contribution is 2.19. The fourth-order valence-corrected chi connectivity index (χ4v) is 1.85. The summed E-state index contributed by atoms with van der Waals surface area (Å²) in [5.41, 5.74) is 7.96. The number of hydrogen-bond donors (Lipinski definition) is 1. The molecular formula is C13H15NO2. The monoisotopic (exact) mass is 217 g/mol. The number of aryl methyl sites for hydroxylation is 1. The van der Waals surface area contributed by atoms with Crippen LogP contribution < -0.4 is 11.2 Å². The van der Waals surface area contributed by atoms with Gasteiger partial charge >= 0.3 is 0 Å². The molecule has 2 rings (SSSR count). The van der Waals surface area contributed by atoms with Gasteiger partial charge in [0.25, 0.3) is 0 Å². The number of benzene rings is 1. The SMILES string of the molecule is CCCc1c(N)oc2ccc(C)cc2c1=O. The van der Waals surface area contributed by atoms with Crippen LogP contribution in [-0.4, -0.2) is 0 Å². The summed E-state index contributed by atoms with van der Waals surface area (Å²) in [5.74, 6) is 0.253. The minimum absolute atomic E-state index is 0.00398. The summed E-state index contributed by atoms with van der Waals surface area (Å²) in [7, 11) is 0. The Morgan fingerprint density at radius 1 is 1.38 bits per heavy atom. The molecule has 1 aromatic heterocycles. The molecule has 0 saturated carbocycles. The molecule has 3 nitrogen and oxygen atoms in total. The van der Waals surface area contributed by atoms with Crippen molar-refractivity contribution in [3.8, 4) is 0 Å². The molecule has 0 saturated heterocycles. The summed E-state index contributed by atoms with van der Waals surface area (Å²) in [6.07, 6.45) is 1.55. The molecule has 0 aliphatic heterocycles. The number of nitrogen functional groups attached to an aromatic ring is 1. The maximum absolute atomic E-state index is 12.2. The lowest BCUT2D eigenvalue weighted by Gasteiger charge is -2.05. The lowest BCUT2D eigenvalue weighted by Crippen LogP contribution is -2.12. The van der Waals surface area contributed by atoms with E-state index in [2.05, 4.69) is 0 Å². The first kappa shape index (κ1) is 10.7. The zero-order valence-electron chi connectivity index (χ0n) is 9.54. The minimum atomic E-state index is 0.00398. The van der Waals surface area contributed by atoms with Crippen LogP contribution in [0.5, 0.6) is 0 Å². The van der Waals surface area contributed by atoms with E-state index >= 15 is 0 Å². The number of anilines is 1. The number of rotatable bonds is 2. The molecule has 0 atom stereocenters. The molecule has 2 aromatic rings. The van der Waals surface area contributed by atoms with Crippen molar-refractivity contribution in [2.45, 2.75) is 26.7 Å². The second-order valence-electron chi connectivity index (χ2n) is 4.02. The van der Waals surface area contributed by atoms with Gasteiger partial charge in [-0.3, -0.25) is 4.79 Å². The molecule has 0 aliphatic carbocycles. The Hall–Kier alpha value is -1.77. The van der Waals surface area contributed by atoms with E-state index in [1.54, 1.807) is 6.07 Å². The van der Waals surface area contributed by atoms with Crippen LogP contribution in [0, 0.1) is 6.92 Å². The quantitative estimate of drug-likeness (QED) is 0.841. The molecule has 1 heterocycles. The second kappa shape index (κ2) is 4.00. The van der Waals surface area contributed by atoms with Crippen molar-refractivity contribution in [1.29, 1.82) is 0 Å². The summed E-state index contributed by atoms with van der Waals surface area (Å²) in [6, 6.07) is 5.54. The molecule has 0 fully saturated rings. The van der Waals surface area contributed by atoms with Gasteiger partial charge in [0.05, 0.1) is 10.9 Å². The first-order valence-electron chi connectivity index (χ1n) is 5.45. The fraction of sp³-hybridized carbons (Fsp3) is 0.308. The highest BCUT2D eigenvalue weighted by Gasteiger charge is 2.11. The molecule has 84 valence electrons. The Kier molecular flexibility index (Phi) is 2.69. The van der Waals surface area contributed by atoms with Gasteiger partial charge in [-0.05, 0) is 25.5 Å². The largest absolute Gasteiger partial charge is 0.440 e. The first-order valence-corrected chi connectivity index (χ1v) is 5.45. The molecule has 0 unspecified atom stereocenters. The lowest BCUT2D eigenvalue weighted by atomic mass is 10.1. The predicted molar refractivity (Wildman–Crippen MR) is 65.6 cm³/mol. The highest BCUT2D eigenvalue weighted by atomic mass is 16.3. The van der Waals surface area contributed by atoms with Crippen molar-refractivity contribution < 1.29 is 4.42 Å². The Morgan fingerprint density at radius 3 is 2.81 bits per heavy atom. The van der Waals surface area contributed by atoms with Crippen LogP contribution in [0.15, 0.2) is 27.4 Å². The molecule has 1 aromatic carbocycles. The molecule has 2 N–H and O–H groups in total. The Balaban J connectivity index is 2.80. The first-order chi connectivity index (χ1) is 7.63. The number of hydrogen-bond acceptors (Lipinski definition) is 3. The summed E-state index contributed by atoms with van der Waals surface area (Å²) in [4.78, 5) is 12.2. The third-order valence-electron chi connectivity index (χ3n) is 2.67. The Bertz CT molecular complexity index is 584. The lowest BCUT2D eigenvalue weighted by molar-refractivity contribution is 0.614. The number of nitrogens with two attached hydrogens (primary N) is 1. The highest BCUT2D eigenvalue weighted by molar-refractivity contribution is 5.79. The van der Waals surface area contributed by atoms with E-state index in [9.17, 15) is 4.79 Å². The number of fused-ring (bicyclic) bond motifs is 1. The van der Waals surface area contributed by atoms with Crippen molar-refractivity contribution in [3.05, 3.63) is 39.5 Å². The van der Waals surface area contributed by atoms with Crippen molar-refractivity contribution in [2.75, 3.05) is 5.73 Å². The normalized spacial score (nSPS) is 10.9. The van der Waals surface area contributed by atoms with E-state index in [4.69, 9.17) is 10.2 Å². The van der Waals surface area contributed by atoms with Crippen LogP contribution in [0.2, 0.25) is 0 Å². The van der Waals surface area contributed by atoms with Gasteiger partial charge in [0.1, 0.15) is 5.58 Å². The van der Waals surface area contributed by atoms with Gasteiger partial charge in [-0.1, -0.05) is 25.0 Å². The topological polar surface area (TPSA) is 56.2 Å². The summed E-state index contributed by atoms with van der Waals surface area (Å²) >= 11 is 0. The Morgan fingerprint density at radius 2 is 2.12 bits per heavy atom. The van der Waals surface area contributed by atoms with E-state index < -0.39 is 0 Å². The zero-order valence-corrected chi connectivity index (χ0v) is 9.54. The van der Waals surface area contributed by atoms with E-state index in [1.807, 2.05) is 26.0 Å². The van der Waals surface area contributed by atoms with Gasteiger partial charge in [-0.15, -0.1) is 0 Å². The van der Waals surface area contributed by atoms with E-state index in [0.717, 1.165) is 12.0 Å². The molecule has 3 heteroatoms. The molecule has 0 spiro atoms. The third kappa shape index (κ3) is 1.69. The Labute approximate surface area is 93.9 Å². The van der Waals surface area contributed by atoms with Crippen LogP contribution in [-0.2, 0) is 6.42 Å². The minimum Gasteiger partial charge on any atom is -0.440 e. The van der Waals surface area contributed by atoms with Crippen molar-refractivity contribution >= 4 is 16.9 Å². The smallest absolute Gasteiger partial charge is 0.198 e. The van der Waals surface area contributed by atoms with Gasteiger partial charge in [0.2, 0.25) is 0 Å².